The molecule has 5 nitrogen and oxygen atoms in total. The SMILES string of the molecule is Cc1cc(/C(O)=C2\C(=O)C(=O)N(c3ccc(F)c(Cl)c3)C2c2ccncc2)ccc1Br. The lowest BCUT2D eigenvalue weighted by Gasteiger charge is -2.25. The van der Waals surface area contributed by atoms with Crippen molar-refractivity contribution < 1.29 is 19.1 Å². The summed E-state index contributed by atoms with van der Waals surface area (Å²) in [4.78, 5) is 31.3. The largest absolute Gasteiger partial charge is 0.507 e. The Morgan fingerprint density at radius 1 is 1.13 bits per heavy atom. The predicted molar refractivity (Wildman–Crippen MR) is 119 cm³/mol. The van der Waals surface area contributed by atoms with Gasteiger partial charge in [0.15, 0.2) is 0 Å². The third-order valence-corrected chi connectivity index (χ3v) is 6.26. The van der Waals surface area contributed by atoms with Crippen molar-refractivity contribution in [2.24, 2.45) is 0 Å². The molecule has 0 bridgehead atoms. The van der Waals surface area contributed by atoms with E-state index in [1.54, 1.807) is 30.3 Å². The lowest BCUT2D eigenvalue weighted by Crippen LogP contribution is -2.29. The van der Waals surface area contributed by atoms with Gasteiger partial charge in [0.05, 0.1) is 16.6 Å². The Kier molecular flexibility index (Phi) is 5.64. The fourth-order valence-electron chi connectivity index (χ4n) is 3.54. The molecule has 156 valence electrons. The fourth-order valence-corrected chi connectivity index (χ4v) is 3.96. The predicted octanol–water partition coefficient (Wildman–Crippen LogP) is 5.57. The van der Waals surface area contributed by atoms with Crippen molar-refractivity contribution in [1.29, 1.82) is 0 Å². The highest BCUT2D eigenvalue weighted by Crippen LogP contribution is 2.42. The van der Waals surface area contributed by atoms with Crippen molar-refractivity contribution in [1.82, 2.24) is 4.98 Å². The number of aliphatic hydroxyl groups is 1. The van der Waals surface area contributed by atoms with Crippen LogP contribution in [0.2, 0.25) is 5.02 Å². The number of aliphatic hydroxyl groups excluding tert-OH is 1. The van der Waals surface area contributed by atoms with E-state index in [-0.39, 0.29) is 22.0 Å². The maximum atomic E-state index is 13.7. The van der Waals surface area contributed by atoms with E-state index in [1.165, 1.54) is 29.4 Å². The molecule has 31 heavy (non-hydrogen) atoms. The smallest absolute Gasteiger partial charge is 0.300 e. The van der Waals surface area contributed by atoms with E-state index >= 15 is 0 Å². The Hall–Kier alpha value is -3.03. The summed E-state index contributed by atoms with van der Waals surface area (Å²) in [6.45, 7) is 1.85. The number of ketones is 1. The zero-order chi connectivity index (χ0) is 22.3. The topological polar surface area (TPSA) is 70.5 Å². The minimum absolute atomic E-state index is 0.0710. The van der Waals surface area contributed by atoms with Crippen LogP contribution in [0.1, 0.15) is 22.7 Å². The van der Waals surface area contributed by atoms with Gasteiger partial charge in [-0.3, -0.25) is 19.5 Å². The number of Topliss-reactive ketones (excluding diaryl/α,β-unsaturated/α-hetero) is 1. The molecule has 1 aromatic heterocycles. The van der Waals surface area contributed by atoms with Crippen LogP contribution in [0.15, 0.2) is 71.0 Å². The van der Waals surface area contributed by atoms with E-state index < -0.39 is 23.5 Å². The number of carbonyl (C=O) groups excluding carboxylic acids is 2. The summed E-state index contributed by atoms with van der Waals surface area (Å²) in [6.07, 6.45) is 3.05. The van der Waals surface area contributed by atoms with Crippen molar-refractivity contribution in [3.8, 4) is 0 Å². The molecule has 8 heteroatoms. The first-order valence-electron chi connectivity index (χ1n) is 9.22. The number of halogens is 3. The third-order valence-electron chi connectivity index (χ3n) is 5.08. The molecular formula is C23H15BrClFN2O3. The van der Waals surface area contributed by atoms with Gasteiger partial charge in [0, 0.05) is 28.1 Å². The summed E-state index contributed by atoms with van der Waals surface area (Å²) in [5.41, 5.74) is 1.98. The Morgan fingerprint density at radius 3 is 2.48 bits per heavy atom. The molecule has 1 saturated heterocycles. The van der Waals surface area contributed by atoms with Crippen molar-refractivity contribution in [2.45, 2.75) is 13.0 Å². The molecule has 1 aliphatic heterocycles. The van der Waals surface area contributed by atoms with Crippen LogP contribution in [-0.2, 0) is 9.59 Å². The summed E-state index contributed by atoms with van der Waals surface area (Å²) in [6, 6.07) is 11.2. The molecule has 1 fully saturated rings. The second kappa shape index (κ2) is 8.24. The lowest BCUT2D eigenvalue weighted by atomic mass is 9.95. The highest BCUT2D eigenvalue weighted by Gasteiger charge is 2.47. The molecule has 1 N–H and O–H groups in total. The van der Waals surface area contributed by atoms with E-state index in [2.05, 4.69) is 20.9 Å². The van der Waals surface area contributed by atoms with Crippen LogP contribution in [-0.4, -0.2) is 21.8 Å². The van der Waals surface area contributed by atoms with Gasteiger partial charge < -0.3 is 5.11 Å². The summed E-state index contributed by atoms with van der Waals surface area (Å²) in [5.74, 6) is -2.64. The molecule has 0 saturated carbocycles. The van der Waals surface area contributed by atoms with Crippen LogP contribution in [0.3, 0.4) is 0 Å². The Bertz CT molecular complexity index is 1250. The average Bonchev–Trinajstić information content (AvgIpc) is 3.03. The molecule has 0 spiro atoms. The molecule has 0 aliphatic carbocycles. The molecule has 1 aliphatic rings. The van der Waals surface area contributed by atoms with Gasteiger partial charge in [-0.15, -0.1) is 0 Å². The van der Waals surface area contributed by atoms with Crippen molar-refractivity contribution >= 4 is 50.7 Å². The van der Waals surface area contributed by atoms with Crippen LogP contribution in [0.5, 0.6) is 0 Å². The molecule has 2 heterocycles. The first-order valence-corrected chi connectivity index (χ1v) is 10.4. The highest BCUT2D eigenvalue weighted by atomic mass is 79.9. The number of hydrogen-bond acceptors (Lipinski definition) is 4. The summed E-state index contributed by atoms with van der Waals surface area (Å²) < 4.78 is 14.6. The number of nitrogens with zero attached hydrogens (tertiary/aromatic N) is 2. The van der Waals surface area contributed by atoms with E-state index in [0.717, 1.165) is 16.1 Å². The number of rotatable bonds is 3. The number of carbonyl (C=O) groups is 2. The first-order chi connectivity index (χ1) is 14.8. The van der Waals surface area contributed by atoms with Gasteiger partial charge >= 0.3 is 0 Å². The van der Waals surface area contributed by atoms with Crippen molar-refractivity contribution in [2.75, 3.05) is 4.90 Å². The van der Waals surface area contributed by atoms with Gasteiger partial charge in [-0.2, -0.15) is 0 Å². The molecule has 2 aromatic carbocycles. The maximum absolute atomic E-state index is 13.7. The highest BCUT2D eigenvalue weighted by molar-refractivity contribution is 9.10. The van der Waals surface area contributed by atoms with E-state index in [9.17, 15) is 19.1 Å². The average molecular weight is 502 g/mol. The van der Waals surface area contributed by atoms with Crippen LogP contribution < -0.4 is 4.90 Å². The standard InChI is InChI=1S/C23H15BrClFN2O3/c1-12-10-14(2-4-16(12)24)21(29)19-20(13-6-8-27-9-7-13)28(23(31)22(19)30)15-3-5-18(26)17(25)11-15/h2-11,20,29H,1H3/b21-19+. The zero-order valence-electron chi connectivity index (χ0n) is 16.1. The van der Waals surface area contributed by atoms with Crippen LogP contribution in [0.4, 0.5) is 10.1 Å². The summed E-state index contributed by atoms with van der Waals surface area (Å²) >= 11 is 9.33. The Balaban J connectivity index is 1.95. The Morgan fingerprint density at radius 2 is 1.84 bits per heavy atom. The summed E-state index contributed by atoms with van der Waals surface area (Å²) in [7, 11) is 0. The molecule has 3 aromatic rings. The van der Waals surface area contributed by atoms with Crippen LogP contribution in [0.25, 0.3) is 5.76 Å². The zero-order valence-corrected chi connectivity index (χ0v) is 18.5. The molecular weight excluding hydrogens is 487 g/mol. The van der Waals surface area contributed by atoms with E-state index in [4.69, 9.17) is 11.6 Å². The molecule has 4 rings (SSSR count). The normalized spacial score (nSPS) is 17.9. The van der Waals surface area contributed by atoms with Gasteiger partial charge in [0.25, 0.3) is 11.7 Å². The number of anilines is 1. The molecule has 1 amide bonds. The lowest BCUT2D eigenvalue weighted by molar-refractivity contribution is -0.132. The quantitative estimate of drug-likeness (QED) is 0.289. The van der Waals surface area contributed by atoms with Gasteiger partial charge in [-0.05, 0) is 60.5 Å². The van der Waals surface area contributed by atoms with Gasteiger partial charge in [-0.25, -0.2) is 4.39 Å². The minimum Gasteiger partial charge on any atom is -0.507 e. The van der Waals surface area contributed by atoms with Gasteiger partial charge in [0.1, 0.15) is 11.6 Å². The first kappa shape index (κ1) is 21.2. The number of benzene rings is 2. The van der Waals surface area contributed by atoms with Gasteiger partial charge in [-0.1, -0.05) is 33.6 Å². The van der Waals surface area contributed by atoms with Crippen molar-refractivity contribution in [3.05, 3.63) is 98.5 Å². The molecule has 1 atom stereocenters. The number of hydrogen-bond donors (Lipinski definition) is 1. The van der Waals surface area contributed by atoms with E-state index in [0.29, 0.717) is 11.1 Å². The monoisotopic (exact) mass is 500 g/mol. The number of aromatic nitrogens is 1. The van der Waals surface area contributed by atoms with Crippen LogP contribution in [0, 0.1) is 12.7 Å². The van der Waals surface area contributed by atoms with E-state index in [1.807, 2.05) is 6.92 Å². The number of pyridine rings is 1. The molecule has 0 radical (unpaired) electrons. The van der Waals surface area contributed by atoms with Crippen molar-refractivity contribution in [3.63, 3.8) is 0 Å². The second-order valence-electron chi connectivity index (χ2n) is 7.01. The maximum Gasteiger partial charge on any atom is 0.300 e. The number of aryl methyl sites for hydroxylation is 1. The van der Waals surface area contributed by atoms with Crippen LogP contribution >= 0.6 is 27.5 Å². The number of amides is 1. The fraction of sp³-hybridized carbons (Fsp3) is 0.0870. The molecule has 1 unspecified atom stereocenters. The minimum atomic E-state index is -0.937. The second-order valence-corrected chi connectivity index (χ2v) is 8.27. The van der Waals surface area contributed by atoms with Gasteiger partial charge in [0.2, 0.25) is 0 Å². The Labute approximate surface area is 190 Å². The summed E-state index contributed by atoms with van der Waals surface area (Å²) in [5, 5.41) is 10.9. The third kappa shape index (κ3) is 3.75.